The number of hydrogen-bond acceptors (Lipinski definition) is 6. The van der Waals surface area contributed by atoms with Crippen LogP contribution >= 0.6 is 11.3 Å². The summed E-state index contributed by atoms with van der Waals surface area (Å²) in [6.07, 6.45) is 3.63. The molecule has 0 spiro atoms. The number of carbonyl (C=O) groups is 4. The minimum Gasteiger partial charge on any atom is -0.452 e. The van der Waals surface area contributed by atoms with E-state index in [4.69, 9.17) is 4.74 Å². The number of amides is 3. The molecule has 1 heterocycles. The predicted octanol–water partition coefficient (Wildman–Crippen LogP) is 0.946. The van der Waals surface area contributed by atoms with E-state index in [2.05, 4.69) is 10.6 Å². The fraction of sp³-hybridized carbons (Fsp3) is 0.529. The number of aryl methyl sites for hydroxylation is 1. The molecule has 3 amide bonds. The molecular formula is C17H23N3O5S. The van der Waals surface area contributed by atoms with Crippen molar-refractivity contribution in [3.05, 3.63) is 16.0 Å². The second kappa shape index (κ2) is 8.79. The molecule has 0 aliphatic heterocycles. The largest absolute Gasteiger partial charge is 0.452 e. The van der Waals surface area contributed by atoms with Crippen molar-refractivity contribution >= 4 is 40.0 Å². The summed E-state index contributed by atoms with van der Waals surface area (Å²) in [5.74, 6) is -1.69. The van der Waals surface area contributed by atoms with Gasteiger partial charge in [-0.1, -0.05) is 0 Å². The summed E-state index contributed by atoms with van der Waals surface area (Å²) >= 11 is 1.39. The molecule has 0 aromatic carbocycles. The zero-order valence-corrected chi connectivity index (χ0v) is 16.0. The normalized spacial score (nSPS) is 12.7. The van der Waals surface area contributed by atoms with E-state index in [0.717, 1.165) is 36.1 Å². The second-order valence-electron chi connectivity index (χ2n) is 6.10. The van der Waals surface area contributed by atoms with Gasteiger partial charge < -0.3 is 20.3 Å². The molecule has 0 unspecified atom stereocenters. The second-order valence-corrected chi connectivity index (χ2v) is 7.20. The van der Waals surface area contributed by atoms with Crippen LogP contribution in [0, 0.1) is 0 Å². The van der Waals surface area contributed by atoms with E-state index in [1.807, 2.05) is 0 Å². The number of carbonyl (C=O) groups excluding carboxylic acids is 4. The lowest BCUT2D eigenvalue weighted by atomic mass is 9.95. The zero-order chi connectivity index (χ0) is 19.3. The highest BCUT2D eigenvalue weighted by molar-refractivity contribution is 7.17. The highest BCUT2D eigenvalue weighted by Gasteiger charge is 2.27. The maximum atomic E-state index is 12.6. The lowest BCUT2D eigenvalue weighted by Crippen LogP contribution is -2.39. The molecule has 0 bridgehead atoms. The number of esters is 1. The third-order valence-electron chi connectivity index (χ3n) is 4.08. The number of anilines is 1. The molecule has 0 saturated heterocycles. The molecule has 0 fully saturated rings. The average molecular weight is 381 g/mol. The molecular weight excluding hydrogens is 358 g/mol. The van der Waals surface area contributed by atoms with Crippen molar-refractivity contribution in [2.45, 2.75) is 32.6 Å². The number of fused-ring (bicyclic) bond motifs is 1. The molecule has 142 valence electrons. The van der Waals surface area contributed by atoms with Crippen LogP contribution in [0.4, 0.5) is 5.00 Å². The Morgan fingerprint density at radius 3 is 2.54 bits per heavy atom. The molecule has 1 aromatic heterocycles. The van der Waals surface area contributed by atoms with E-state index in [-0.39, 0.29) is 18.4 Å². The monoisotopic (exact) mass is 381 g/mol. The molecule has 0 saturated carbocycles. The van der Waals surface area contributed by atoms with Gasteiger partial charge in [-0.3, -0.25) is 14.4 Å². The maximum Gasteiger partial charge on any atom is 0.341 e. The molecule has 26 heavy (non-hydrogen) atoms. The van der Waals surface area contributed by atoms with Crippen LogP contribution in [0.5, 0.6) is 0 Å². The van der Waals surface area contributed by atoms with Crippen LogP contribution in [0.15, 0.2) is 0 Å². The molecule has 9 heteroatoms. The molecule has 8 nitrogen and oxygen atoms in total. The van der Waals surface area contributed by atoms with E-state index in [9.17, 15) is 19.2 Å². The average Bonchev–Trinajstić information content (AvgIpc) is 2.96. The van der Waals surface area contributed by atoms with E-state index in [1.165, 1.54) is 37.3 Å². The van der Waals surface area contributed by atoms with Gasteiger partial charge in [-0.05, 0) is 31.2 Å². The minimum absolute atomic E-state index is 0.113. The van der Waals surface area contributed by atoms with Crippen LogP contribution in [0.25, 0.3) is 0 Å². The number of ether oxygens (including phenoxy) is 1. The van der Waals surface area contributed by atoms with Gasteiger partial charge >= 0.3 is 5.97 Å². The highest BCUT2D eigenvalue weighted by Crippen LogP contribution is 2.38. The summed E-state index contributed by atoms with van der Waals surface area (Å²) in [5, 5.41) is 5.58. The Morgan fingerprint density at radius 1 is 1.19 bits per heavy atom. The van der Waals surface area contributed by atoms with Gasteiger partial charge in [-0.2, -0.15) is 0 Å². The predicted molar refractivity (Wildman–Crippen MR) is 97.3 cm³/mol. The van der Waals surface area contributed by atoms with Gasteiger partial charge in [0.15, 0.2) is 6.61 Å². The molecule has 0 radical (unpaired) electrons. The van der Waals surface area contributed by atoms with Crippen LogP contribution in [0.3, 0.4) is 0 Å². The van der Waals surface area contributed by atoms with Crippen molar-refractivity contribution in [1.82, 2.24) is 10.2 Å². The van der Waals surface area contributed by atoms with Gasteiger partial charge in [-0.15, -0.1) is 11.3 Å². The topological polar surface area (TPSA) is 105 Å². The SMILES string of the molecule is CNC(=O)CN(C)C(=O)COC(=O)c1c(NC(C)=O)sc2c1CCCC2. The number of thiophene rings is 1. The van der Waals surface area contributed by atoms with Crippen molar-refractivity contribution in [3.8, 4) is 0 Å². The summed E-state index contributed by atoms with van der Waals surface area (Å²) in [6.45, 7) is 0.805. The summed E-state index contributed by atoms with van der Waals surface area (Å²) in [5.41, 5.74) is 1.25. The van der Waals surface area contributed by atoms with Crippen molar-refractivity contribution in [1.29, 1.82) is 0 Å². The highest BCUT2D eigenvalue weighted by atomic mass is 32.1. The lowest BCUT2D eigenvalue weighted by Gasteiger charge is -2.16. The number of hydrogen-bond donors (Lipinski definition) is 2. The summed E-state index contributed by atoms with van der Waals surface area (Å²) in [6, 6.07) is 0. The molecule has 1 aliphatic rings. The van der Waals surface area contributed by atoms with Crippen LogP contribution in [0.2, 0.25) is 0 Å². The summed E-state index contributed by atoms with van der Waals surface area (Å²) in [7, 11) is 2.94. The third-order valence-corrected chi connectivity index (χ3v) is 5.28. The molecule has 0 atom stereocenters. The van der Waals surface area contributed by atoms with Crippen molar-refractivity contribution in [3.63, 3.8) is 0 Å². The fourth-order valence-corrected chi connectivity index (χ4v) is 4.05. The maximum absolute atomic E-state index is 12.6. The van der Waals surface area contributed by atoms with Gasteiger partial charge in [0.25, 0.3) is 5.91 Å². The first kappa shape index (κ1) is 19.9. The van der Waals surface area contributed by atoms with Crippen LogP contribution in [-0.2, 0) is 32.0 Å². The van der Waals surface area contributed by atoms with Gasteiger partial charge in [0.2, 0.25) is 11.8 Å². The number of nitrogens with zero attached hydrogens (tertiary/aromatic N) is 1. The number of nitrogens with one attached hydrogen (secondary N) is 2. The Kier molecular flexibility index (Phi) is 6.73. The first-order valence-electron chi connectivity index (χ1n) is 8.37. The number of rotatable bonds is 6. The van der Waals surface area contributed by atoms with Gasteiger partial charge in [-0.25, -0.2) is 4.79 Å². The first-order valence-corrected chi connectivity index (χ1v) is 9.19. The van der Waals surface area contributed by atoms with Crippen LogP contribution in [-0.4, -0.2) is 55.8 Å². The van der Waals surface area contributed by atoms with Crippen molar-refractivity contribution in [2.75, 3.05) is 32.6 Å². The Balaban J connectivity index is 2.09. The Morgan fingerprint density at radius 2 is 1.88 bits per heavy atom. The Hall–Kier alpha value is -2.42. The molecule has 2 rings (SSSR count). The summed E-state index contributed by atoms with van der Waals surface area (Å²) < 4.78 is 5.17. The quantitative estimate of drug-likeness (QED) is 0.714. The van der Waals surface area contributed by atoms with Gasteiger partial charge in [0.05, 0.1) is 12.1 Å². The molecule has 2 N–H and O–H groups in total. The first-order chi connectivity index (χ1) is 12.3. The Labute approximate surface area is 155 Å². The summed E-state index contributed by atoms with van der Waals surface area (Å²) in [4.78, 5) is 49.6. The smallest absolute Gasteiger partial charge is 0.341 e. The molecule has 1 aromatic rings. The lowest BCUT2D eigenvalue weighted by molar-refractivity contribution is -0.137. The van der Waals surface area contributed by atoms with E-state index in [0.29, 0.717) is 10.6 Å². The number of likely N-dealkylation sites (N-methyl/N-ethyl adjacent to an activating group) is 2. The minimum atomic E-state index is -0.630. The van der Waals surface area contributed by atoms with E-state index >= 15 is 0 Å². The van der Waals surface area contributed by atoms with Gasteiger partial charge in [0.1, 0.15) is 5.00 Å². The van der Waals surface area contributed by atoms with E-state index in [1.54, 1.807) is 0 Å². The standard InChI is InChI=1S/C17H23N3O5S/c1-10(21)19-16-15(11-6-4-5-7-12(11)26-16)17(24)25-9-14(23)20(3)8-13(22)18-2/h4-9H2,1-3H3,(H,18,22)(H,19,21). The molecule has 1 aliphatic carbocycles. The zero-order valence-electron chi connectivity index (χ0n) is 15.1. The third kappa shape index (κ3) is 4.81. The Bertz CT molecular complexity index is 728. The van der Waals surface area contributed by atoms with Gasteiger partial charge in [0, 0.05) is 25.9 Å². The van der Waals surface area contributed by atoms with Crippen molar-refractivity contribution < 1.29 is 23.9 Å². The van der Waals surface area contributed by atoms with Crippen LogP contribution in [0.1, 0.15) is 40.6 Å². The van der Waals surface area contributed by atoms with Crippen molar-refractivity contribution in [2.24, 2.45) is 0 Å². The fourth-order valence-electron chi connectivity index (χ4n) is 2.72. The van der Waals surface area contributed by atoms with Crippen LogP contribution < -0.4 is 10.6 Å². The van der Waals surface area contributed by atoms with E-state index < -0.39 is 18.5 Å².